The molecule has 3 aromatic heterocycles. The van der Waals surface area contributed by atoms with Gasteiger partial charge in [0.1, 0.15) is 21.4 Å². The number of aromatic nitrogens is 2. The van der Waals surface area contributed by atoms with E-state index in [1.165, 1.54) is 4.01 Å². The van der Waals surface area contributed by atoms with E-state index in [9.17, 15) is 9.90 Å². The van der Waals surface area contributed by atoms with Gasteiger partial charge in [0.15, 0.2) is 0 Å². The molecule has 0 saturated heterocycles. The van der Waals surface area contributed by atoms with Gasteiger partial charge in [-0.3, -0.25) is 4.79 Å². The van der Waals surface area contributed by atoms with E-state index in [2.05, 4.69) is 15.6 Å². The quantitative estimate of drug-likeness (QED) is 0.239. The molecule has 0 amide bonds. The summed E-state index contributed by atoms with van der Waals surface area (Å²) in [5.41, 5.74) is 3.24. The van der Waals surface area contributed by atoms with Crippen molar-refractivity contribution >= 4 is 60.7 Å². The van der Waals surface area contributed by atoms with Crippen LogP contribution in [0.15, 0.2) is 60.0 Å². The van der Waals surface area contributed by atoms with E-state index in [-0.39, 0.29) is 0 Å². The highest BCUT2D eigenvalue weighted by molar-refractivity contribution is 7.37. The average Bonchev–Trinajstić information content (AvgIpc) is 3.47. The van der Waals surface area contributed by atoms with Gasteiger partial charge < -0.3 is 14.4 Å². The van der Waals surface area contributed by atoms with Gasteiger partial charge in [0, 0.05) is 34.6 Å². The Bertz CT molecular complexity index is 1450. The van der Waals surface area contributed by atoms with Crippen LogP contribution in [0.3, 0.4) is 0 Å². The molecule has 0 atom stereocenters. The Morgan fingerprint density at radius 1 is 1.15 bits per heavy atom. The van der Waals surface area contributed by atoms with Gasteiger partial charge in [0.25, 0.3) is 0 Å². The molecule has 3 heterocycles. The van der Waals surface area contributed by atoms with Crippen molar-refractivity contribution in [2.75, 3.05) is 0 Å². The van der Waals surface area contributed by atoms with Crippen LogP contribution < -0.4 is 4.74 Å². The van der Waals surface area contributed by atoms with E-state index in [0.717, 1.165) is 38.4 Å². The SMILES string of the molecule is CC(C)(Cc1cc2cc(OCc3nc4ccsc4s3)ccc2n1Cc1ccc(Cl)cc1)C(=O)O. The number of carboxylic acids is 1. The zero-order valence-electron chi connectivity index (χ0n) is 18.7. The van der Waals surface area contributed by atoms with Gasteiger partial charge in [0.2, 0.25) is 0 Å². The third-order valence-corrected chi connectivity index (χ3v) is 8.17. The molecule has 5 aromatic rings. The number of nitrogens with zero attached hydrogens (tertiary/aromatic N) is 2. The fraction of sp³-hybridized carbons (Fsp3) is 0.231. The van der Waals surface area contributed by atoms with Crippen molar-refractivity contribution < 1.29 is 14.6 Å². The van der Waals surface area contributed by atoms with Gasteiger partial charge in [-0.05, 0) is 67.3 Å². The van der Waals surface area contributed by atoms with Crippen molar-refractivity contribution in [2.45, 2.75) is 33.4 Å². The van der Waals surface area contributed by atoms with Gasteiger partial charge in [-0.2, -0.15) is 0 Å². The number of benzene rings is 2. The molecule has 34 heavy (non-hydrogen) atoms. The monoisotopic (exact) mass is 510 g/mol. The molecule has 0 bridgehead atoms. The third kappa shape index (κ3) is 4.69. The molecule has 0 aliphatic heterocycles. The fourth-order valence-corrected chi connectivity index (χ4v) is 5.97. The third-order valence-electron chi connectivity index (χ3n) is 5.84. The van der Waals surface area contributed by atoms with Gasteiger partial charge in [-0.15, -0.1) is 22.7 Å². The Kier molecular flexibility index (Phi) is 6.10. The number of hydrogen-bond donors (Lipinski definition) is 1. The highest BCUT2D eigenvalue weighted by Gasteiger charge is 2.29. The van der Waals surface area contributed by atoms with Crippen molar-refractivity contribution in [1.29, 1.82) is 0 Å². The maximum absolute atomic E-state index is 11.8. The van der Waals surface area contributed by atoms with E-state index in [4.69, 9.17) is 16.3 Å². The Hall–Kier alpha value is -2.87. The molecule has 0 spiro atoms. The molecule has 8 heteroatoms. The van der Waals surface area contributed by atoms with Gasteiger partial charge >= 0.3 is 5.97 Å². The summed E-state index contributed by atoms with van der Waals surface area (Å²) in [7, 11) is 0. The first-order valence-electron chi connectivity index (χ1n) is 10.8. The Morgan fingerprint density at radius 3 is 2.68 bits per heavy atom. The number of carbonyl (C=O) groups is 1. The number of ether oxygens (including phenoxy) is 1. The first-order valence-corrected chi connectivity index (χ1v) is 12.9. The van der Waals surface area contributed by atoms with Crippen LogP contribution in [0.5, 0.6) is 5.75 Å². The average molecular weight is 511 g/mol. The van der Waals surface area contributed by atoms with Crippen LogP contribution in [0, 0.1) is 5.41 Å². The first kappa shape index (κ1) is 22.9. The van der Waals surface area contributed by atoms with Gasteiger partial charge in [0.05, 0.1) is 10.9 Å². The second kappa shape index (κ2) is 9.06. The number of aliphatic carboxylic acids is 1. The van der Waals surface area contributed by atoms with Crippen LogP contribution in [-0.2, 0) is 24.4 Å². The normalized spacial score (nSPS) is 12.0. The number of halogens is 1. The minimum atomic E-state index is -0.886. The summed E-state index contributed by atoms with van der Waals surface area (Å²) < 4.78 is 9.44. The second-order valence-corrected chi connectivity index (χ2v) is 11.6. The zero-order chi connectivity index (χ0) is 23.9. The highest BCUT2D eigenvalue weighted by Crippen LogP contribution is 2.32. The molecule has 1 N–H and O–H groups in total. The van der Waals surface area contributed by atoms with Gasteiger partial charge in [-0.1, -0.05) is 23.7 Å². The number of thiophene rings is 1. The molecular formula is C26H23ClN2O3S2. The summed E-state index contributed by atoms with van der Waals surface area (Å²) in [5.74, 6) is -0.0538. The van der Waals surface area contributed by atoms with E-state index >= 15 is 0 Å². The summed E-state index contributed by atoms with van der Waals surface area (Å²) in [6.07, 6.45) is 0.413. The van der Waals surface area contributed by atoms with Gasteiger partial charge in [-0.25, -0.2) is 4.98 Å². The number of hydrogen-bond acceptors (Lipinski definition) is 5. The maximum atomic E-state index is 11.8. The predicted octanol–water partition coefficient (Wildman–Crippen LogP) is 7.25. The van der Waals surface area contributed by atoms with Crippen LogP contribution >= 0.6 is 34.3 Å². The van der Waals surface area contributed by atoms with Crippen LogP contribution in [0.1, 0.15) is 30.1 Å². The number of carboxylic acid groups (broad SMARTS) is 1. The minimum absolute atomic E-state index is 0.413. The fourth-order valence-electron chi connectivity index (χ4n) is 3.95. The number of thiazole rings is 1. The van der Waals surface area contributed by atoms with E-state index in [1.807, 2.05) is 53.9 Å². The van der Waals surface area contributed by atoms with Crippen LogP contribution in [0.4, 0.5) is 0 Å². The van der Waals surface area contributed by atoms with Crippen molar-refractivity contribution in [1.82, 2.24) is 9.55 Å². The molecule has 0 fully saturated rings. The lowest BCUT2D eigenvalue weighted by molar-refractivity contribution is -0.146. The standard InChI is InChI=1S/C26H23ClN2O3S2/c1-26(2,25(30)31)13-19-11-17-12-20(32-15-23-28-21-9-10-33-24(21)34-23)7-8-22(17)29(19)14-16-3-5-18(27)6-4-16/h3-12H,13-15H2,1-2H3,(H,30,31). The topological polar surface area (TPSA) is 64.4 Å². The lowest BCUT2D eigenvalue weighted by Gasteiger charge is -2.20. The van der Waals surface area contributed by atoms with Crippen molar-refractivity contribution in [2.24, 2.45) is 5.41 Å². The van der Waals surface area contributed by atoms with Crippen LogP contribution in [0.2, 0.25) is 5.02 Å². The molecule has 0 saturated carbocycles. The smallest absolute Gasteiger partial charge is 0.309 e. The molecule has 174 valence electrons. The summed E-state index contributed by atoms with van der Waals surface area (Å²) in [5, 5.41) is 14.4. The van der Waals surface area contributed by atoms with E-state index in [1.54, 1.807) is 36.5 Å². The molecule has 0 aliphatic rings. The molecule has 5 rings (SSSR count). The van der Waals surface area contributed by atoms with Crippen molar-refractivity contribution in [3.63, 3.8) is 0 Å². The summed E-state index contributed by atoms with van der Waals surface area (Å²) in [6.45, 7) is 4.56. The van der Waals surface area contributed by atoms with E-state index in [0.29, 0.717) is 24.6 Å². The lowest BCUT2D eigenvalue weighted by atomic mass is 9.88. The molecule has 0 aliphatic carbocycles. The molecule has 5 nitrogen and oxygen atoms in total. The molecule has 0 unspecified atom stereocenters. The Balaban J connectivity index is 1.45. The summed E-state index contributed by atoms with van der Waals surface area (Å²) in [4.78, 5) is 16.4. The largest absolute Gasteiger partial charge is 0.486 e. The van der Waals surface area contributed by atoms with Crippen molar-refractivity contribution in [3.05, 3.63) is 81.3 Å². The maximum Gasteiger partial charge on any atom is 0.309 e. The Labute approximate surface area is 210 Å². The first-order chi connectivity index (χ1) is 16.3. The number of fused-ring (bicyclic) bond motifs is 2. The van der Waals surface area contributed by atoms with Crippen LogP contribution in [0.25, 0.3) is 20.4 Å². The summed E-state index contributed by atoms with van der Waals surface area (Å²) >= 11 is 9.41. The highest BCUT2D eigenvalue weighted by atomic mass is 35.5. The zero-order valence-corrected chi connectivity index (χ0v) is 21.1. The summed E-state index contributed by atoms with van der Waals surface area (Å²) in [6, 6.07) is 17.9. The molecular weight excluding hydrogens is 488 g/mol. The lowest BCUT2D eigenvalue weighted by Crippen LogP contribution is -2.27. The van der Waals surface area contributed by atoms with Crippen molar-refractivity contribution in [3.8, 4) is 5.75 Å². The molecule has 0 radical (unpaired) electrons. The van der Waals surface area contributed by atoms with E-state index < -0.39 is 11.4 Å². The van der Waals surface area contributed by atoms with Crippen LogP contribution in [-0.4, -0.2) is 20.6 Å². The second-order valence-electron chi connectivity index (χ2n) is 8.92. The predicted molar refractivity (Wildman–Crippen MR) is 139 cm³/mol. The molecule has 2 aromatic carbocycles. The Morgan fingerprint density at radius 2 is 1.94 bits per heavy atom. The number of rotatable bonds is 8. The minimum Gasteiger partial charge on any atom is -0.486 e.